The molecule has 0 atom stereocenters. The van der Waals surface area contributed by atoms with Crippen molar-refractivity contribution in [2.45, 2.75) is 13.8 Å². The predicted octanol–water partition coefficient (Wildman–Crippen LogP) is 1.45. The fourth-order valence-corrected chi connectivity index (χ4v) is 1.69. The molecule has 1 aromatic rings. The molecule has 1 aliphatic heterocycles. The number of fused-ring (bicyclic) bond motifs is 1. The molecule has 4 heteroatoms. The van der Waals surface area contributed by atoms with Crippen LogP contribution in [0, 0.1) is 13.8 Å². The van der Waals surface area contributed by atoms with E-state index in [1.807, 2.05) is 6.92 Å². The molecule has 0 radical (unpaired) electrons. The van der Waals surface area contributed by atoms with Crippen molar-refractivity contribution in [1.29, 1.82) is 0 Å². The minimum atomic E-state index is -0.187. The monoisotopic (exact) mass is 205 g/mol. The van der Waals surface area contributed by atoms with E-state index in [9.17, 15) is 9.59 Å². The number of nitrogens with one attached hydrogen (secondary N) is 1. The quantitative estimate of drug-likeness (QED) is 0.706. The number of rotatable bonds is 1. The van der Waals surface area contributed by atoms with Gasteiger partial charge in [0.25, 0.3) is 5.91 Å². The maximum atomic E-state index is 11.2. The van der Waals surface area contributed by atoms with Crippen LogP contribution < -0.4 is 10.1 Å². The number of anilines is 1. The summed E-state index contributed by atoms with van der Waals surface area (Å²) in [6.45, 7) is 3.67. The van der Waals surface area contributed by atoms with E-state index >= 15 is 0 Å². The van der Waals surface area contributed by atoms with E-state index in [1.165, 1.54) is 0 Å². The van der Waals surface area contributed by atoms with Gasteiger partial charge >= 0.3 is 0 Å². The largest absolute Gasteiger partial charge is 0.481 e. The Morgan fingerprint density at radius 2 is 2.20 bits per heavy atom. The Labute approximate surface area is 87.2 Å². The van der Waals surface area contributed by atoms with Gasteiger partial charge in [0.05, 0.1) is 5.69 Å². The van der Waals surface area contributed by atoms with Crippen molar-refractivity contribution in [2.75, 3.05) is 11.9 Å². The second-order valence-corrected chi connectivity index (χ2v) is 3.57. The lowest BCUT2D eigenvalue weighted by molar-refractivity contribution is -0.118. The summed E-state index contributed by atoms with van der Waals surface area (Å²) in [6, 6.07) is 1.76. The summed E-state index contributed by atoms with van der Waals surface area (Å²) in [5.41, 5.74) is 2.81. The molecular weight excluding hydrogens is 194 g/mol. The van der Waals surface area contributed by atoms with Crippen LogP contribution in [-0.2, 0) is 4.79 Å². The number of benzene rings is 1. The Bertz CT molecular complexity index is 452. The zero-order valence-corrected chi connectivity index (χ0v) is 8.59. The van der Waals surface area contributed by atoms with Crippen molar-refractivity contribution < 1.29 is 14.3 Å². The third-order valence-corrected chi connectivity index (χ3v) is 2.50. The molecule has 0 fully saturated rings. The standard InChI is InChI=1S/C11H11NO3/c1-6-3-8(4-13)7(2)10-11(6)15-5-9(14)12-10/h3-4H,5H2,1-2H3,(H,12,14). The zero-order chi connectivity index (χ0) is 11.0. The zero-order valence-electron chi connectivity index (χ0n) is 8.59. The van der Waals surface area contributed by atoms with Gasteiger partial charge in [-0.2, -0.15) is 0 Å². The Morgan fingerprint density at radius 1 is 1.47 bits per heavy atom. The highest BCUT2D eigenvalue weighted by Gasteiger charge is 2.21. The van der Waals surface area contributed by atoms with Crippen LogP contribution in [0.3, 0.4) is 0 Å². The Hall–Kier alpha value is -1.84. The van der Waals surface area contributed by atoms with E-state index in [1.54, 1.807) is 13.0 Å². The molecule has 0 aliphatic carbocycles. The Kier molecular flexibility index (Phi) is 2.19. The van der Waals surface area contributed by atoms with E-state index in [0.717, 1.165) is 17.4 Å². The van der Waals surface area contributed by atoms with Crippen LogP contribution in [0.25, 0.3) is 0 Å². The normalized spacial score (nSPS) is 13.9. The molecule has 0 saturated carbocycles. The summed E-state index contributed by atoms with van der Waals surface area (Å²) in [7, 11) is 0. The van der Waals surface area contributed by atoms with Gasteiger partial charge in [0.15, 0.2) is 6.61 Å². The van der Waals surface area contributed by atoms with Crippen LogP contribution in [0.2, 0.25) is 0 Å². The van der Waals surface area contributed by atoms with Gasteiger partial charge in [0.2, 0.25) is 0 Å². The lowest BCUT2D eigenvalue weighted by Crippen LogP contribution is -2.26. The fourth-order valence-electron chi connectivity index (χ4n) is 1.69. The molecule has 0 spiro atoms. The third-order valence-electron chi connectivity index (χ3n) is 2.50. The highest BCUT2D eigenvalue weighted by Crippen LogP contribution is 2.35. The maximum absolute atomic E-state index is 11.2. The molecule has 78 valence electrons. The van der Waals surface area contributed by atoms with Gasteiger partial charge in [-0.05, 0) is 31.0 Å². The van der Waals surface area contributed by atoms with Crippen molar-refractivity contribution in [1.82, 2.24) is 0 Å². The lowest BCUT2D eigenvalue weighted by Gasteiger charge is -2.22. The van der Waals surface area contributed by atoms with Crippen LogP contribution in [0.4, 0.5) is 5.69 Å². The van der Waals surface area contributed by atoms with Gasteiger partial charge in [0, 0.05) is 5.56 Å². The van der Waals surface area contributed by atoms with E-state index in [4.69, 9.17) is 4.74 Å². The molecule has 0 unspecified atom stereocenters. The first kappa shape index (κ1) is 9.71. The van der Waals surface area contributed by atoms with E-state index in [2.05, 4.69) is 5.32 Å². The molecule has 0 saturated heterocycles. The second-order valence-electron chi connectivity index (χ2n) is 3.57. The molecule has 15 heavy (non-hydrogen) atoms. The van der Waals surface area contributed by atoms with Crippen molar-refractivity contribution in [2.24, 2.45) is 0 Å². The van der Waals surface area contributed by atoms with Crippen molar-refractivity contribution in [3.8, 4) is 5.75 Å². The molecule has 0 bridgehead atoms. The van der Waals surface area contributed by atoms with Gasteiger partial charge in [0.1, 0.15) is 12.0 Å². The SMILES string of the molecule is Cc1cc(C=O)c(C)c2c1OCC(=O)N2. The van der Waals surface area contributed by atoms with E-state index < -0.39 is 0 Å². The first-order valence-corrected chi connectivity index (χ1v) is 4.65. The number of hydrogen-bond donors (Lipinski definition) is 1. The molecule has 1 heterocycles. The number of carbonyl (C=O) groups is 2. The molecule has 2 rings (SSSR count). The van der Waals surface area contributed by atoms with Crippen LogP contribution in [0.15, 0.2) is 6.07 Å². The van der Waals surface area contributed by atoms with Gasteiger partial charge in [-0.25, -0.2) is 0 Å². The molecule has 4 nitrogen and oxygen atoms in total. The maximum Gasteiger partial charge on any atom is 0.262 e. The van der Waals surface area contributed by atoms with Crippen molar-refractivity contribution in [3.63, 3.8) is 0 Å². The smallest absolute Gasteiger partial charge is 0.262 e. The summed E-state index contributed by atoms with van der Waals surface area (Å²) in [5, 5.41) is 2.72. The molecule has 1 N–H and O–H groups in total. The minimum Gasteiger partial charge on any atom is -0.481 e. The average Bonchev–Trinajstić information content (AvgIpc) is 2.23. The van der Waals surface area contributed by atoms with Gasteiger partial charge < -0.3 is 10.1 Å². The van der Waals surface area contributed by atoms with Crippen LogP contribution in [-0.4, -0.2) is 18.8 Å². The first-order valence-electron chi connectivity index (χ1n) is 4.65. The molecule has 0 aromatic heterocycles. The number of ether oxygens (including phenoxy) is 1. The van der Waals surface area contributed by atoms with Crippen LogP contribution in [0.5, 0.6) is 5.75 Å². The molecule has 1 aromatic carbocycles. The van der Waals surface area contributed by atoms with E-state index in [0.29, 0.717) is 17.0 Å². The van der Waals surface area contributed by atoms with Crippen LogP contribution in [0.1, 0.15) is 21.5 Å². The molecule has 1 amide bonds. The van der Waals surface area contributed by atoms with Gasteiger partial charge in [-0.3, -0.25) is 9.59 Å². The van der Waals surface area contributed by atoms with Crippen molar-refractivity contribution in [3.05, 3.63) is 22.8 Å². The third kappa shape index (κ3) is 1.48. The number of carbonyl (C=O) groups excluding carboxylic acids is 2. The average molecular weight is 205 g/mol. The number of aldehydes is 1. The van der Waals surface area contributed by atoms with Crippen molar-refractivity contribution >= 4 is 17.9 Å². The molecular formula is C11H11NO3. The second kappa shape index (κ2) is 3.38. The van der Waals surface area contributed by atoms with Crippen LogP contribution >= 0.6 is 0 Å². The summed E-state index contributed by atoms with van der Waals surface area (Å²) in [5.74, 6) is 0.478. The number of aryl methyl sites for hydroxylation is 1. The fraction of sp³-hybridized carbons (Fsp3) is 0.273. The van der Waals surface area contributed by atoms with Gasteiger partial charge in [-0.1, -0.05) is 0 Å². The minimum absolute atomic E-state index is 0.0354. The highest BCUT2D eigenvalue weighted by molar-refractivity contribution is 5.98. The topological polar surface area (TPSA) is 55.4 Å². The Balaban J connectivity index is 2.65. The summed E-state index contributed by atoms with van der Waals surface area (Å²) < 4.78 is 5.32. The molecule has 1 aliphatic rings. The highest BCUT2D eigenvalue weighted by atomic mass is 16.5. The summed E-state index contributed by atoms with van der Waals surface area (Å²) in [6.07, 6.45) is 0.781. The number of hydrogen-bond acceptors (Lipinski definition) is 3. The summed E-state index contributed by atoms with van der Waals surface area (Å²) in [4.78, 5) is 22.0. The van der Waals surface area contributed by atoms with E-state index in [-0.39, 0.29) is 12.5 Å². The first-order chi connectivity index (χ1) is 7.13. The Morgan fingerprint density at radius 3 is 2.87 bits per heavy atom. The summed E-state index contributed by atoms with van der Waals surface area (Å²) >= 11 is 0. The van der Waals surface area contributed by atoms with Gasteiger partial charge in [-0.15, -0.1) is 0 Å². The lowest BCUT2D eigenvalue weighted by atomic mass is 10.0. The number of amides is 1. The predicted molar refractivity (Wildman–Crippen MR) is 55.4 cm³/mol.